The predicted octanol–water partition coefficient (Wildman–Crippen LogP) is 3.50. The number of thiazole rings is 1. The van der Waals surface area contributed by atoms with Crippen LogP contribution in [0.25, 0.3) is 0 Å². The van der Waals surface area contributed by atoms with Gasteiger partial charge in [0.1, 0.15) is 0 Å². The standard InChI is InChI=1S/C27H28N4O3S/c1-2-24-28-21(18-35-24)17-29-12-14-30(15-13-29)25(32)20-8-9-22-23(16-20)27(34)31(26(22)33)11-10-19-6-4-3-5-7-19/h3-9,16,18H,2,10-15,17H2,1H3. The first-order chi connectivity index (χ1) is 17.0. The molecule has 0 radical (unpaired) electrons. The van der Waals surface area contributed by atoms with E-state index in [-0.39, 0.29) is 17.7 Å². The van der Waals surface area contributed by atoms with Gasteiger partial charge in [-0.2, -0.15) is 0 Å². The maximum absolute atomic E-state index is 13.2. The first-order valence-corrected chi connectivity index (χ1v) is 12.9. The highest BCUT2D eigenvalue weighted by molar-refractivity contribution is 7.09. The van der Waals surface area contributed by atoms with E-state index in [1.165, 1.54) is 4.90 Å². The summed E-state index contributed by atoms with van der Waals surface area (Å²) in [4.78, 5) is 49.0. The van der Waals surface area contributed by atoms with Gasteiger partial charge in [0.25, 0.3) is 17.7 Å². The van der Waals surface area contributed by atoms with Gasteiger partial charge >= 0.3 is 0 Å². The Kier molecular flexibility index (Phi) is 6.74. The molecule has 0 bridgehead atoms. The molecular formula is C27H28N4O3S. The van der Waals surface area contributed by atoms with E-state index >= 15 is 0 Å². The summed E-state index contributed by atoms with van der Waals surface area (Å²) in [5.74, 6) is -0.714. The van der Waals surface area contributed by atoms with Crippen molar-refractivity contribution in [2.75, 3.05) is 32.7 Å². The quantitative estimate of drug-likeness (QED) is 0.476. The second-order valence-electron chi connectivity index (χ2n) is 8.91. The van der Waals surface area contributed by atoms with Crippen molar-refractivity contribution < 1.29 is 14.4 Å². The van der Waals surface area contributed by atoms with Gasteiger partial charge in [0, 0.05) is 50.2 Å². The van der Waals surface area contributed by atoms with Crippen molar-refractivity contribution in [3.05, 3.63) is 86.9 Å². The molecule has 0 atom stereocenters. The highest BCUT2D eigenvalue weighted by atomic mass is 32.1. The van der Waals surface area contributed by atoms with E-state index in [9.17, 15) is 14.4 Å². The lowest BCUT2D eigenvalue weighted by molar-refractivity contribution is 0.0625. The molecule has 35 heavy (non-hydrogen) atoms. The van der Waals surface area contributed by atoms with E-state index in [0.29, 0.717) is 42.7 Å². The number of carbonyl (C=O) groups excluding carboxylic acids is 3. The number of aromatic nitrogens is 1. The molecule has 180 valence electrons. The van der Waals surface area contributed by atoms with Crippen LogP contribution in [0.5, 0.6) is 0 Å². The Morgan fingerprint density at radius 3 is 2.43 bits per heavy atom. The number of amides is 3. The van der Waals surface area contributed by atoms with Crippen LogP contribution < -0.4 is 0 Å². The van der Waals surface area contributed by atoms with Crippen molar-refractivity contribution in [2.45, 2.75) is 26.3 Å². The number of imide groups is 1. The van der Waals surface area contributed by atoms with Crippen molar-refractivity contribution in [3.8, 4) is 0 Å². The number of fused-ring (bicyclic) bond motifs is 1. The summed E-state index contributed by atoms with van der Waals surface area (Å²) in [6, 6.07) is 14.7. The third kappa shape index (κ3) is 4.90. The molecule has 0 unspecified atom stereocenters. The summed E-state index contributed by atoms with van der Waals surface area (Å²) in [6.07, 6.45) is 1.55. The van der Waals surface area contributed by atoms with Crippen LogP contribution in [0.3, 0.4) is 0 Å². The lowest BCUT2D eigenvalue weighted by Crippen LogP contribution is -2.48. The summed E-state index contributed by atoms with van der Waals surface area (Å²) in [5.41, 5.74) is 3.31. The normalized spacial score (nSPS) is 16.1. The molecule has 0 aliphatic carbocycles. The second kappa shape index (κ2) is 10.1. The van der Waals surface area contributed by atoms with Crippen molar-refractivity contribution in [3.63, 3.8) is 0 Å². The maximum atomic E-state index is 13.2. The molecule has 5 rings (SSSR count). The molecule has 3 amide bonds. The van der Waals surface area contributed by atoms with Crippen LogP contribution in [0.4, 0.5) is 0 Å². The van der Waals surface area contributed by atoms with E-state index < -0.39 is 0 Å². The Bertz CT molecular complexity index is 1250. The molecule has 7 nitrogen and oxygen atoms in total. The fourth-order valence-corrected chi connectivity index (χ4v) is 5.35. The highest BCUT2D eigenvalue weighted by Crippen LogP contribution is 2.25. The fraction of sp³-hybridized carbons (Fsp3) is 0.333. The van der Waals surface area contributed by atoms with Crippen LogP contribution in [0.1, 0.15) is 54.3 Å². The number of piperazine rings is 1. The predicted molar refractivity (Wildman–Crippen MR) is 135 cm³/mol. The van der Waals surface area contributed by atoms with Crippen LogP contribution in [-0.2, 0) is 19.4 Å². The zero-order valence-corrected chi connectivity index (χ0v) is 20.6. The number of hydrogen-bond acceptors (Lipinski definition) is 6. The number of rotatable bonds is 7. The van der Waals surface area contributed by atoms with Gasteiger partial charge in [-0.3, -0.25) is 24.2 Å². The molecular weight excluding hydrogens is 460 g/mol. The van der Waals surface area contributed by atoms with Crippen LogP contribution in [-0.4, -0.2) is 70.1 Å². The van der Waals surface area contributed by atoms with E-state index in [1.807, 2.05) is 35.2 Å². The average molecular weight is 489 g/mol. The van der Waals surface area contributed by atoms with Gasteiger partial charge in [-0.1, -0.05) is 37.3 Å². The Labute approximate surface area is 209 Å². The van der Waals surface area contributed by atoms with Crippen molar-refractivity contribution in [1.82, 2.24) is 19.7 Å². The molecule has 1 saturated heterocycles. The van der Waals surface area contributed by atoms with Crippen molar-refractivity contribution in [1.29, 1.82) is 0 Å². The molecule has 3 heterocycles. The Morgan fingerprint density at radius 2 is 1.71 bits per heavy atom. The molecule has 0 N–H and O–H groups in total. The molecule has 1 fully saturated rings. The average Bonchev–Trinajstić information content (AvgIpc) is 3.45. The number of benzene rings is 2. The smallest absolute Gasteiger partial charge is 0.261 e. The van der Waals surface area contributed by atoms with E-state index in [0.717, 1.165) is 42.3 Å². The van der Waals surface area contributed by atoms with Crippen molar-refractivity contribution >= 4 is 29.1 Å². The lowest BCUT2D eigenvalue weighted by Gasteiger charge is -2.34. The van der Waals surface area contributed by atoms with Crippen LogP contribution in [0.2, 0.25) is 0 Å². The summed E-state index contributed by atoms with van der Waals surface area (Å²) in [7, 11) is 0. The van der Waals surface area contributed by atoms with E-state index in [4.69, 9.17) is 0 Å². The molecule has 0 saturated carbocycles. The molecule has 0 spiro atoms. The minimum absolute atomic E-state index is 0.0997. The van der Waals surface area contributed by atoms with Gasteiger partial charge in [-0.05, 0) is 36.6 Å². The van der Waals surface area contributed by atoms with Gasteiger partial charge in [-0.25, -0.2) is 4.98 Å². The van der Waals surface area contributed by atoms with Crippen LogP contribution in [0.15, 0.2) is 53.9 Å². The Morgan fingerprint density at radius 1 is 0.971 bits per heavy atom. The van der Waals surface area contributed by atoms with Gasteiger partial charge in [0.2, 0.25) is 0 Å². The van der Waals surface area contributed by atoms with Gasteiger partial charge < -0.3 is 4.90 Å². The van der Waals surface area contributed by atoms with Crippen LogP contribution >= 0.6 is 11.3 Å². The zero-order chi connectivity index (χ0) is 24.4. The van der Waals surface area contributed by atoms with Gasteiger partial charge in [0.15, 0.2) is 0 Å². The maximum Gasteiger partial charge on any atom is 0.261 e. The first kappa shape index (κ1) is 23.4. The molecule has 2 aliphatic rings. The van der Waals surface area contributed by atoms with Crippen LogP contribution in [0, 0.1) is 0 Å². The van der Waals surface area contributed by atoms with Gasteiger partial charge in [0.05, 0.1) is 21.8 Å². The summed E-state index contributed by atoms with van der Waals surface area (Å²) in [6.45, 7) is 6.03. The SMILES string of the molecule is CCc1nc(CN2CCN(C(=O)c3ccc4c(c3)C(=O)N(CCc3ccccc3)C4=O)CC2)cs1. The largest absolute Gasteiger partial charge is 0.336 e. The summed E-state index contributed by atoms with van der Waals surface area (Å²) < 4.78 is 0. The number of carbonyl (C=O) groups is 3. The molecule has 1 aromatic heterocycles. The summed E-state index contributed by atoms with van der Waals surface area (Å²) in [5, 5.41) is 3.26. The first-order valence-electron chi connectivity index (χ1n) is 12.0. The highest BCUT2D eigenvalue weighted by Gasteiger charge is 2.36. The topological polar surface area (TPSA) is 73.8 Å². The van der Waals surface area contributed by atoms with E-state index in [1.54, 1.807) is 29.5 Å². The molecule has 8 heteroatoms. The minimum atomic E-state index is -0.324. The van der Waals surface area contributed by atoms with Gasteiger partial charge in [-0.15, -0.1) is 11.3 Å². The third-order valence-corrected chi connectivity index (χ3v) is 7.67. The van der Waals surface area contributed by atoms with Crippen molar-refractivity contribution in [2.24, 2.45) is 0 Å². The number of aryl methyl sites for hydroxylation is 1. The Hall–Kier alpha value is -3.36. The molecule has 2 aromatic carbocycles. The lowest BCUT2D eigenvalue weighted by atomic mass is 10.0. The Balaban J connectivity index is 1.20. The fourth-order valence-electron chi connectivity index (χ4n) is 4.62. The van der Waals surface area contributed by atoms with E-state index in [2.05, 4.69) is 22.2 Å². The third-order valence-electron chi connectivity index (χ3n) is 6.63. The molecule has 2 aliphatic heterocycles. The summed E-state index contributed by atoms with van der Waals surface area (Å²) >= 11 is 1.70. The second-order valence-corrected chi connectivity index (χ2v) is 9.86. The number of nitrogens with zero attached hydrogens (tertiary/aromatic N) is 4. The monoisotopic (exact) mass is 488 g/mol. The minimum Gasteiger partial charge on any atom is -0.336 e. The zero-order valence-electron chi connectivity index (χ0n) is 19.8. The molecule has 3 aromatic rings. The number of hydrogen-bond donors (Lipinski definition) is 0.